The molecule has 1 saturated heterocycles. The van der Waals surface area contributed by atoms with Crippen LogP contribution in [-0.2, 0) is 20.9 Å². The molecular weight excluding hydrogens is 648 g/mol. The van der Waals surface area contributed by atoms with E-state index in [1.807, 2.05) is 42.5 Å². The second-order valence-electron chi connectivity index (χ2n) is 13.9. The minimum absolute atomic E-state index is 0.0850. The summed E-state index contributed by atoms with van der Waals surface area (Å²) < 4.78 is 34.5. The molecule has 256 valence electrons. The van der Waals surface area contributed by atoms with Gasteiger partial charge in [-0.25, -0.2) is 17.9 Å². The van der Waals surface area contributed by atoms with Gasteiger partial charge in [0.15, 0.2) is 8.32 Å². The first-order valence-corrected chi connectivity index (χ1v) is 21.3. The molecule has 1 aliphatic heterocycles. The van der Waals surface area contributed by atoms with E-state index in [1.54, 1.807) is 41.3 Å². The molecule has 8 nitrogen and oxygen atoms in total. The summed E-state index contributed by atoms with van der Waals surface area (Å²) in [6.45, 7) is 15.0. The molecule has 0 aliphatic carbocycles. The lowest BCUT2D eigenvalue weighted by Gasteiger charge is -2.36. The fourth-order valence-electron chi connectivity index (χ4n) is 5.47. The van der Waals surface area contributed by atoms with Crippen LogP contribution in [0.5, 0.6) is 0 Å². The maximum atomic E-state index is 13.2. The minimum Gasteiger partial charge on any atom is -0.415 e. The van der Waals surface area contributed by atoms with Crippen molar-refractivity contribution in [3.05, 3.63) is 89.4 Å². The van der Waals surface area contributed by atoms with Gasteiger partial charge in [0, 0.05) is 36.1 Å². The lowest BCUT2D eigenvalue weighted by atomic mass is 9.90. The van der Waals surface area contributed by atoms with Crippen molar-refractivity contribution in [2.75, 3.05) is 49.5 Å². The second kappa shape index (κ2) is 16.6. The number of hydrogen-bond donors (Lipinski definition) is 2. The van der Waals surface area contributed by atoms with Gasteiger partial charge in [-0.05, 0) is 123 Å². The lowest BCUT2D eigenvalue weighted by Crippen LogP contribution is -2.42. The maximum Gasteiger partial charge on any atom is 0.326 e. The molecule has 0 unspecified atom stereocenters. The molecule has 47 heavy (non-hydrogen) atoms. The van der Waals surface area contributed by atoms with Crippen LogP contribution in [0, 0.1) is 5.92 Å². The van der Waals surface area contributed by atoms with Gasteiger partial charge in [-0.3, -0.25) is 4.90 Å². The van der Waals surface area contributed by atoms with E-state index in [9.17, 15) is 13.2 Å². The number of anilines is 2. The summed E-state index contributed by atoms with van der Waals surface area (Å²) in [4.78, 5) is 17.8. The zero-order valence-electron chi connectivity index (χ0n) is 28.5. The third kappa shape index (κ3) is 11.2. The first-order chi connectivity index (χ1) is 22.2. The van der Waals surface area contributed by atoms with E-state index in [0.717, 1.165) is 56.6 Å². The van der Waals surface area contributed by atoms with E-state index < -0.39 is 18.3 Å². The lowest BCUT2D eigenvalue weighted by molar-refractivity contribution is 0.183. The monoisotopic (exact) mass is 698 g/mol. The van der Waals surface area contributed by atoms with Crippen molar-refractivity contribution >= 4 is 47.3 Å². The summed E-state index contributed by atoms with van der Waals surface area (Å²) in [6, 6.07) is 24.0. The molecule has 11 heteroatoms. The summed E-state index contributed by atoms with van der Waals surface area (Å²) in [7, 11) is -5.49. The Balaban J connectivity index is 1.20. The second-order valence-corrected chi connectivity index (χ2v) is 20.9. The minimum atomic E-state index is -3.58. The van der Waals surface area contributed by atoms with Gasteiger partial charge in [-0.2, -0.15) is 0 Å². The van der Waals surface area contributed by atoms with Crippen LogP contribution >= 0.6 is 11.6 Å². The van der Waals surface area contributed by atoms with E-state index >= 15 is 0 Å². The first-order valence-electron chi connectivity index (χ1n) is 16.6. The van der Waals surface area contributed by atoms with Crippen molar-refractivity contribution in [3.63, 3.8) is 0 Å². The average molecular weight is 699 g/mol. The summed E-state index contributed by atoms with van der Waals surface area (Å²) in [5, 5.41) is 3.70. The molecule has 0 radical (unpaired) electrons. The van der Waals surface area contributed by atoms with Crippen LogP contribution in [0.3, 0.4) is 0 Å². The summed E-state index contributed by atoms with van der Waals surface area (Å²) in [5.74, 6) is 0.560. The van der Waals surface area contributed by atoms with Crippen molar-refractivity contribution < 1.29 is 17.6 Å². The van der Waals surface area contributed by atoms with Crippen molar-refractivity contribution in [1.29, 1.82) is 0 Å². The Morgan fingerprint density at radius 3 is 2.23 bits per heavy atom. The van der Waals surface area contributed by atoms with E-state index in [1.165, 1.54) is 0 Å². The SMILES string of the molecule is CC(C)(C)[Si](C)(C)OCCNS(=O)(=O)c1ccc(CC2CCN(CCCN(C(=O)Nc3ccc(Cl)cc3)c3ccccc3)CC2)cc1. The molecular formula is C36H51ClN4O4SSi. The largest absolute Gasteiger partial charge is 0.415 e. The number of nitrogens with zero attached hydrogens (tertiary/aromatic N) is 2. The summed E-state index contributed by atoms with van der Waals surface area (Å²) in [6.07, 6.45) is 3.99. The van der Waals surface area contributed by atoms with E-state index in [4.69, 9.17) is 16.0 Å². The zero-order chi connectivity index (χ0) is 34.1. The van der Waals surface area contributed by atoms with E-state index in [2.05, 4.69) is 48.8 Å². The highest BCUT2D eigenvalue weighted by molar-refractivity contribution is 7.89. The zero-order valence-corrected chi connectivity index (χ0v) is 31.0. The van der Waals surface area contributed by atoms with Crippen LogP contribution in [0.25, 0.3) is 0 Å². The van der Waals surface area contributed by atoms with Crippen LogP contribution in [0.15, 0.2) is 83.8 Å². The highest BCUT2D eigenvalue weighted by atomic mass is 35.5. The Kier molecular flexibility index (Phi) is 13.1. The van der Waals surface area contributed by atoms with Crippen LogP contribution in [0.2, 0.25) is 23.2 Å². The molecule has 1 aliphatic rings. The number of amides is 2. The number of nitrogens with one attached hydrogen (secondary N) is 2. The molecule has 3 aromatic carbocycles. The Morgan fingerprint density at radius 2 is 1.62 bits per heavy atom. The van der Waals surface area contributed by atoms with E-state index in [0.29, 0.717) is 29.8 Å². The number of sulfonamides is 1. The maximum absolute atomic E-state index is 13.2. The van der Waals surface area contributed by atoms with Gasteiger partial charge in [0.1, 0.15) is 0 Å². The predicted octanol–water partition coefficient (Wildman–Crippen LogP) is 8.02. The number of piperidine rings is 1. The van der Waals surface area contributed by atoms with Gasteiger partial charge in [0.25, 0.3) is 0 Å². The van der Waals surface area contributed by atoms with Gasteiger partial charge in [0.2, 0.25) is 10.0 Å². The van der Waals surface area contributed by atoms with Crippen LogP contribution in [0.1, 0.15) is 45.6 Å². The van der Waals surface area contributed by atoms with Crippen LogP contribution < -0.4 is 14.9 Å². The molecule has 1 heterocycles. The van der Waals surface area contributed by atoms with E-state index in [-0.39, 0.29) is 22.5 Å². The Morgan fingerprint density at radius 1 is 0.979 bits per heavy atom. The molecule has 3 aromatic rings. The first kappa shape index (κ1) is 37.1. The number of benzene rings is 3. The topological polar surface area (TPSA) is 91.0 Å². The number of hydrogen-bond acceptors (Lipinski definition) is 5. The number of rotatable bonds is 14. The molecule has 0 saturated carbocycles. The van der Waals surface area contributed by atoms with Crippen molar-refractivity contribution in [2.45, 2.75) is 69.5 Å². The summed E-state index contributed by atoms with van der Waals surface area (Å²) >= 11 is 6.00. The Hall–Kier alpha value is -2.73. The number of para-hydroxylation sites is 1. The average Bonchev–Trinajstić information content (AvgIpc) is 3.03. The fraction of sp³-hybridized carbons (Fsp3) is 0.472. The van der Waals surface area contributed by atoms with Gasteiger partial charge in [-0.15, -0.1) is 0 Å². The number of carbonyl (C=O) groups is 1. The molecule has 1 fully saturated rings. The molecule has 0 atom stereocenters. The van der Waals surface area contributed by atoms with Crippen molar-refractivity contribution in [1.82, 2.24) is 9.62 Å². The molecule has 2 amide bonds. The van der Waals surface area contributed by atoms with Crippen molar-refractivity contribution in [2.24, 2.45) is 5.92 Å². The number of urea groups is 1. The summed E-state index contributed by atoms with van der Waals surface area (Å²) in [5.41, 5.74) is 2.73. The van der Waals surface area contributed by atoms with Gasteiger partial charge < -0.3 is 14.6 Å². The highest BCUT2D eigenvalue weighted by Crippen LogP contribution is 2.36. The quantitative estimate of drug-likeness (QED) is 0.131. The normalized spacial score (nSPS) is 15.0. The number of likely N-dealkylation sites (tertiary alicyclic amines) is 1. The molecule has 0 spiro atoms. The number of halogens is 1. The van der Waals surface area contributed by atoms with Gasteiger partial charge in [0.05, 0.1) is 4.90 Å². The smallest absolute Gasteiger partial charge is 0.326 e. The number of carbonyl (C=O) groups excluding carboxylic acids is 1. The molecule has 0 aromatic heterocycles. The molecule has 4 rings (SSSR count). The van der Waals surface area contributed by atoms with Gasteiger partial charge in [-0.1, -0.05) is 62.7 Å². The Labute approximate surface area is 288 Å². The van der Waals surface area contributed by atoms with Crippen LogP contribution in [-0.4, -0.2) is 67.0 Å². The predicted molar refractivity (Wildman–Crippen MR) is 197 cm³/mol. The molecule has 2 N–H and O–H groups in total. The Bertz CT molecular complexity index is 1520. The fourth-order valence-corrected chi connectivity index (χ4v) is 7.65. The molecule has 0 bridgehead atoms. The van der Waals surface area contributed by atoms with Crippen LogP contribution in [0.4, 0.5) is 16.2 Å². The van der Waals surface area contributed by atoms with Crippen molar-refractivity contribution in [3.8, 4) is 0 Å². The third-order valence-corrected chi connectivity index (χ3v) is 15.7. The van der Waals surface area contributed by atoms with Gasteiger partial charge >= 0.3 is 6.03 Å². The highest BCUT2D eigenvalue weighted by Gasteiger charge is 2.37. The third-order valence-electron chi connectivity index (χ3n) is 9.39. The standard InChI is InChI=1S/C36H51ClN4O4SSi/c1-36(2,3)47(4,5)45-27-22-38-46(43,44)34-18-12-29(13-19-34)28-30-20-25-40(26-21-30)23-9-24-41(33-10-7-6-8-11-33)35(42)39-32-16-14-31(37)15-17-32/h6-8,10-19,30,38H,9,20-28H2,1-5H3,(H,39,42).